The van der Waals surface area contributed by atoms with Crippen molar-refractivity contribution in [1.82, 2.24) is 0 Å². The van der Waals surface area contributed by atoms with Gasteiger partial charge in [-0.05, 0) is 83.9 Å². The fourth-order valence-electron chi connectivity index (χ4n) is 3.87. The number of benzene rings is 2. The van der Waals surface area contributed by atoms with Crippen molar-refractivity contribution in [3.63, 3.8) is 0 Å². The number of ether oxygens (including phenoxy) is 4. The van der Waals surface area contributed by atoms with Gasteiger partial charge in [0.25, 0.3) is 0 Å². The van der Waals surface area contributed by atoms with Crippen molar-refractivity contribution in [2.24, 2.45) is 0 Å². The summed E-state index contributed by atoms with van der Waals surface area (Å²) in [6, 6.07) is 7.08. The third kappa shape index (κ3) is 5.59. The van der Waals surface area contributed by atoms with E-state index in [0.717, 1.165) is 11.1 Å². The van der Waals surface area contributed by atoms with Gasteiger partial charge in [0.15, 0.2) is 12.4 Å². The molecule has 3 rings (SSSR count). The molecule has 1 heterocycles. The lowest BCUT2D eigenvalue weighted by atomic mass is 9.86. The molecule has 0 radical (unpaired) electrons. The number of rotatable bonds is 6. The molecule has 7 heteroatoms. The van der Waals surface area contributed by atoms with Crippen LogP contribution in [-0.4, -0.2) is 36.2 Å². The molecule has 7 nitrogen and oxygen atoms in total. The Bertz CT molecular complexity index is 1070. The number of nitrogens with two attached hydrogens (primary N) is 1. The van der Waals surface area contributed by atoms with Crippen molar-refractivity contribution in [3.05, 3.63) is 46.5 Å². The largest absolute Gasteiger partial charge is 0.489 e. The Balaban J connectivity index is 1.82. The number of hydrogen-bond acceptors (Lipinski definition) is 7. The van der Waals surface area contributed by atoms with Gasteiger partial charge in [-0.25, -0.2) is 4.79 Å². The molecule has 1 unspecified atom stereocenters. The standard InChI is InChI=1S/C26H33NO6/c1-15-16(2)24-22(17(3)23(15)30-13-21(29)32-25(4,5)6)20(28)12-26(7,33-24)14-31-19-10-8-18(27)9-11-19/h8-11H,12-14,27H2,1-7H3. The van der Waals surface area contributed by atoms with Crippen LogP contribution in [0, 0.1) is 20.8 Å². The van der Waals surface area contributed by atoms with Gasteiger partial charge in [-0.2, -0.15) is 0 Å². The molecule has 0 aliphatic carbocycles. The lowest BCUT2D eigenvalue weighted by Crippen LogP contribution is -2.45. The zero-order valence-corrected chi connectivity index (χ0v) is 20.5. The number of carbonyl (C=O) groups excluding carboxylic acids is 2. The number of hydrogen-bond donors (Lipinski definition) is 1. The molecule has 0 spiro atoms. The maximum Gasteiger partial charge on any atom is 0.344 e. The summed E-state index contributed by atoms with van der Waals surface area (Å²) in [5.41, 5.74) is 7.70. The Labute approximate surface area is 195 Å². The Morgan fingerprint density at radius 2 is 1.70 bits per heavy atom. The molecule has 33 heavy (non-hydrogen) atoms. The first-order chi connectivity index (χ1) is 15.3. The van der Waals surface area contributed by atoms with E-state index in [-0.39, 0.29) is 25.4 Å². The van der Waals surface area contributed by atoms with Crippen LogP contribution < -0.4 is 19.9 Å². The van der Waals surface area contributed by atoms with Crippen molar-refractivity contribution in [2.45, 2.75) is 66.1 Å². The number of ketones is 1. The van der Waals surface area contributed by atoms with Gasteiger partial charge in [0.05, 0.1) is 12.0 Å². The SMILES string of the molecule is Cc1c(C)c2c(c(C)c1OCC(=O)OC(C)(C)C)C(=O)CC(C)(COc1ccc(N)cc1)O2. The predicted octanol–water partition coefficient (Wildman–Crippen LogP) is 4.72. The number of anilines is 1. The molecular formula is C26H33NO6. The van der Waals surface area contributed by atoms with E-state index in [9.17, 15) is 9.59 Å². The average Bonchev–Trinajstić information content (AvgIpc) is 2.70. The molecule has 1 aliphatic rings. The van der Waals surface area contributed by atoms with Crippen LogP contribution in [0.4, 0.5) is 5.69 Å². The summed E-state index contributed by atoms with van der Waals surface area (Å²) in [4.78, 5) is 25.3. The molecule has 1 atom stereocenters. The van der Waals surface area contributed by atoms with Crippen LogP contribution in [-0.2, 0) is 9.53 Å². The monoisotopic (exact) mass is 455 g/mol. The molecule has 2 N–H and O–H groups in total. The van der Waals surface area contributed by atoms with Crippen LogP contribution in [0.25, 0.3) is 0 Å². The highest BCUT2D eigenvalue weighted by Gasteiger charge is 2.40. The summed E-state index contributed by atoms with van der Waals surface area (Å²) in [6.07, 6.45) is 0.157. The minimum atomic E-state index is -0.825. The molecule has 2 aromatic rings. The van der Waals surface area contributed by atoms with Crippen LogP contribution >= 0.6 is 0 Å². The fraction of sp³-hybridized carbons (Fsp3) is 0.462. The lowest BCUT2D eigenvalue weighted by Gasteiger charge is -2.37. The minimum Gasteiger partial charge on any atom is -0.489 e. The minimum absolute atomic E-state index is 0.0534. The normalized spacial score (nSPS) is 17.7. The van der Waals surface area contributed by atoms with E-state index < -0.39 is 17.2 Å². The van der Waals surface area contributed by atoms with Crippen LogP contribution in [0.3, 0.4) is 0 Å². The van der Waals surface area contributed by atoms with E-state index in [1.165, 1.54) is 0 Å². The first kappa shape index (κ1) is 24.4. The second-order valence-corrected chi connectivity index (χ2v) is 9.79. The zero-order chi connectivity index (χ0) is 24.6. The lowest BCUT2D eigenvalue weighted by molar-refractivity contribution is -0.157. The summed E-state index contributed by atoms with van der Waals surface area (Å²) >= 11 is 0. The number of nitrogen functional groups attached to an aromatic ring is 1. The highest BCUT2D eigenvalue weighted by molar-refractivity contribution is 6.03. The Morgan fingerprint density at radius 3 is 2.30 bits per heavy atom. The Kier molecular flexibility index (Phi) is 6.63. The second kappa shape index (κ2) is 8.96. The topological polar surface area (TPSA) is 97.1 Å². The Morgan fingerprint density at radius 1 is 1.06 bits per heavy atom. The Hall–Kier alpha value is -3.22. The maximum absolute atomic E-state index is 13.2. The number of carbonyl (C=O) groups is 2. The quantitative estimate of drug-likeness (QED) is 0.497. The van der Waals surface area contributed by atoms with Gasteiger partial charge in [-0.3, -0.25) is 4.79 Å². The number of esters is 1. The van der Waals surface area contributed by atoms with Crippen molar-refractivity contribution >= 4 is 17.4 Å². The van der Waals surface area contributed by atoms with E-state index in [1.807, 2.05) is 27.7 Å². The molecule has 0 aromatic heterocycles. The molecule has 1 aliphatic heterocycles. The van der Waals surface area contributed by atoms with E-state index in [1.54, 1.807) is 45.0 Å². The van der Waals surface area contributed by atoms with Crippen LogP contribution in [0.15, 0.2) is 24.3 Å². The second-order valence-electron chi connectivity index (χ2n) is 9.79. The van der Waals surface area contributed by atoms with E-state index in [0.29, 0.717) is 34.1 Å². The molecule has 0 saturated carbocycles. The van der Waals surface area contributed by atoms with Gasteiger partial charge in [0, 0.05) is 11.3 Å². The summed E-state index contributed by atoms with van der Waals surface area (Å²) in [5.74, 6) is 1.18. The van der Waals surface area contributed by atoms with Crippen LogP contribution in [0.1, 0.15) is 61.2 Å². The molecule has 0 bridgehead atoms. The number of fused-ring (bicyclic) bond motifs is 1. The van der Waals surface area contributed by atoms with E-state index in [4.69, 9.17) is 24.7 Å². The van der Waals surface area contributed by atoms with E-state index in [2.05, 4.69) is 0 Å². The molecular weight excluding hydrogens is 422 g/mol. The highest BCUT2D eigenvalue weighted by atomic mass is 16.6. The van der Waals surface area contributed by atoms with Crippen molar-refractivity contribution in [2.75, 3.05) is 18.9 Å². The predicted molar refractivity (Wildman–Crippen MR) is 126 cm³/mol. The van der Waals surface area contributed by atoms with Gasteiger partial charge in [0.1, 0.15) is 35.1 Å². The summed E-state index contributed by atoms with van der Waals surface area (Å²) in [7, 11) is 0. The van der Waals surface area contributed by atoms with Gasteiger partial charge >= 0.3 is 5.97 Å². The van der Waals surface area contributed by atoms with Crippen molar-refractivity contribution in [1.29, 1.82) is 0 Å². The third-order valence-electron chi connectivity index (χ3n) is 5.53. The first-order valence-corrected chi connectivity index (χ1v) is 11.0. The van der Waals surface area contributed by atoms with Gasteiger partial charge in [-0.15, -0.1) is 0 Å². The number of Topliss-reactive ketones (excluding diaryl/α,β-unsaturated/α-hetero) is 1. The van der Waals surface area contributed by atoms with Gasteiger partial charge < -0.3 is 24.7 Å². The fourth-order valence-corrected chi connectivity index (χ4v) is 3.87. The maximum atomic E-state index is 13.2. The van der Waals surface area contributed by atoms with E-state index >= 15 is 0 Å². The molecule has 0 fully saturated rings. The van der Waals surface area contributed by atoms with Crippen LogP contribution in [0.5, 0.6) is 17.2 Å². The summed E-state index contributed by atoms with van der Waals surface area (Å²) in [5, 5.41) is 0. The van der Waals surface area contributed by atoms with Crippen LogP contribution in [0.2, 0.25) is 0 Å². The first-order valence-electron chi connectivity index (χ1n) is 11.0. The van der Waals surface area contributed by atoms with Crippen molar-refractivity contribution < 1.29 is 28.5 Å². The zero-order valence-electron chi connectivity index (χ0n) is 20.5. The summed E-state index contributed by atoms with van der Waals surface area (Å²) in [6.45, 7) is 12.8. The smallest absolute Gasteiger partial charge is 0.344 e. The van der Waals surface area contributed by atoms with Crippen molar-refractivity contribution in [3.8, 4) is 17.2 Å². The third-order valence-corrected chi connectivity index (χ3v) is 5.53. The molecule has 0 saturated heterocycles. The average molecular weight is 456 g/mol. The highest BCUT2D eigenvalue weighted by Crippen LogP contribution is 2.44. The molecule has 178 valence electrons. The molecule has 2 aromatic carbocycles. The molecule has 0 amide bonds. The summed E-state index contributed by atoms with van der Waals surface area (Å²) < 4.78 is 23.4. The van der Waals surface area contributed by atoms with Gasteiger partial charge in [0.2, 0.25) is 0 Å². The van der Waals surface area contributed by atoms with Gasteiger partial charge in [-0.1, -0.05) is 0 Å².